The van der Waals surface area contributed by atoms with E-state index >= 15 is 0 Å². The molecule has 0 bridgehead atoms. The molecule has 2 aromatic rings. The molecule has 0 unspecified atom stereocenters. The minimum atomic E-state index is 1.02. The zero-order valence-corrected chi connectivity index (χ0v) is 9.01. The lowest BCUT2D eigenvalue weighted by atomic mass is 10.1. The molecule has 76 valence electrons. The monoisotopic (exact) mass is 198 g/mol. The predicted octanol–water partition coefficient (Wildman–Crippen LogP) is 3.06. The minimum Gasteiger partial charge on any atom is -0.369 e. The second-order valence-electron chi connectivity index (χ2n) is 3.71. The van der Waals surface area contributed by atoms with Gasteiger partial charge in [0, 0.05) is 19.5 Å². The Balaban J connectivity index is 2.51. The molecule has 2 rings (SSSR count). The van der Waals surface area contributed by atoms with Crippen molar-refractivity contribution >= 4 is 22.8 Å². The van der Waals surface area contributed by atoms with Gasteiger partial charge in [-0.3, -0.25) is 0 Å². The molecule has 0 fully saturated rings. The quantitative estimate of drug-likeness (QED) is 0.535. The Labute approximate surface area is 89.9 Å². The first-order chi connectivity index (χ1) is 7.27. The van der Waals surface area contributed by atoms with Crippen molar-refractivity contribution in [3.05, 3.63) is 42.5 Å². The normalized spacial score (nSPS) is 11.1. The lowest BCUT2D eigenvalue weighted by molar-refractivity contribution is 0.643. The molecule has 2 nitrogen and oxygen atoms in total. The standard InChI is InChI=1S/C13H14N2/c1-15(2)10-14-13-9-5-7-11-6-3-4-8-12(11)13/h3-10H,1-2H3. The number of benzene rings is 2. The summed E-state index contributed by atoms with van der Waals surface area (Å²) in [6.45, 7) is 0. The molecule has 0 spiro atoms. The van der Waals surface area contributed by atoms with Crippen LogP contribution < -0.4 is 0 Å². The number of nitrogens with zero attached hydrogens (tertiary/aromatic N) is 2. The molecule has 0 radical (unpaired) electrons. The molecule has 0 aliphatic heterocycles. The van der Waals surface area contributed by atoms with E-state index in [2.05, 4.69) is 23.2 Å². The van der Waals surface area contributed by atoms with Gasteiger partial charge in [0.05, 0.1) is 12.0 Å². The molecule has 0 atom stereocenters. The van der Waals surface area contributed by atoms with Crippen molar-refractivity contribution in [1.29, 1.82) is 0 Å². The van der Waals surface area contributed by atoms with Crippen LogP contribution in [0.4, 0.5) is 5.69 Å². The summed E-state index contributed by atoms with van der Waals surface area (Å²) in [5, 5.41) is 2.42. The van der Waals surface area contributed by atoms with Crippen molar-refractivity contribution in [2.75, 3.05) is 14.1 Å². The number of rotatable bonds is 2. The topological polar surface area (TPSA) is 15.6 Å². The SMILES string of the molecule is CN(C)C=Nc1cccc2ccccc12. The van der Waals surface area contributed by atoms with Gasteiger partial charge in [0.15, 0.2) is 0 Å². The lowest BCUT2D eigenvalue weighted by Gasteiger charge is -2.04. The molecule has 0 N–H and O–H groups in total. The molecule has 15 heavy (non-hydrogen) atoms. The largest absolute Gasteiger partial charge is 0.369 e. The molecule has 0 aliphatic rings. The van der Waals surface area contributed by atoms with E-state index in [4.69, 9.17) is 0 Å². The van der Waals surface area contributed by atoms with Crippen molar-refractivity contribution in [1.82, 2.24) is 4.90 Å². The van der Waals surface area contributed by atoms with Crippen LogP contribution in [0.1, 0.15) is 0 Å². The molecule has 0 heterocycles. The van der Waals surface area contributed by atoms with Crippen LogP contribution in [0, 0.1) is 0 Å². The summed E-state index contributed by atoms with van der Waals surface area (Å²) in [4.78, 5) is 6.37. The molecule has 0 aromatic heterocycles. The maximum absolute atomic E-state index is 4.43. The Morgan fingerprint density at radius 1 is 1.00 bits per heavy atom. The summed E-state index contributed by atoms with van der Waals surface area (Å²) in [7, 11) is 3.93. The molecular formula is C13H14N2. The average Bonchev–Trinajstić information content (AvgIpc) is 2.26. The minimum absolute atomic E-state index is 1.02. The molecule has 0 saturated heterocycles. The third-order valence-corrected chi connectivity index (χ3v) is 2.19. The Hall–Kier alpha value is -1.83. The maximum Gasteiger partial charge on any atom is 0.0907 e. The highest BCUT2D eigenvalue weighted by atomic mass is 15.1. The lowest BCUT2D eigenvalue weighted by Crippen LogP contribution is -2.06. The highest BCUT2D eigenvalue weighted by Crippen LogP contribution is 2.24. The Morgan fingerprint density at radius 2 is 1.73 bits per heavy atom. The zero-order valence-electron chi connectivity index (χ0n) is 9.01. The summed E-state index contributed by atoms with van der Waals surface area (Å²) in [6.07, 6.45) is 1.82. The van der Waals surface area contributed by atoms with Crippen LogP contribution in [0.5, 0.6) is 0 Å². The van der Waals surface area contributed by atoms with Gasteiger partial charge in [-0.25, -0.2) is 4.99 Å². The van der Waals surface area contributed by atoms with Gasteiger partial charge >= 0.3 is 0 Å². The van der Waals surface area contributed by atoms with Crippen LogP contribution in [0.15, 0.2) is 47.5 Å². The average molecular weight is 198 g/mol. The molecule has 2 aromatic carbocycles. The summed E-state index contributed by atoms with van der Waals surface area (Å²) < 4.78 is 0. The first-order valence-electron chi connectivity index (χ1n) is 4.96. The van der Waals surface area contributed by atoms with Gasteiger partial charge in [-0.15, -0.1) is 0 Å². The van der Waals surface area contributed by atoms with Crippen LogP contribution in [-0.2, 0) is 0 Å². The van der Waals surface area contributed by atoms with Gasteiger partial charge in [0.25, 0.3) is 0 Å². The summed E-state index contributed by atoms with van der Waals surface area (Å²) in [5.41, 5.74) is 1.02. The van der Waals surface area contributed by atoms with Crippen molar-refractivity contribution in [2.45, 2.75) is 0 Å². The second kappa shape index (κ2) is 4.13. The van der Waals surface area contributed by atoms with E-state index in [9.17, 15) is 0 Å². The number of hydrogen-bond donors (Lipinski definition) is 0. The van der Waals surface area contributed by atoms with Crippen LogP contribution in [0.25, 0.3) is 10.8 Å². The van der Waals surface area contributed by atoms with Gasteiger partial charge < -0.3 is 4.90 Å². The fourth-order valence-corrected chi connectivity index (χ4v) is 1.50. The summed E-state index contributed by atoms with van der Waals surface area (Å²) in [5.74, 6) is 0. The van der Waals surface area contributed by atoms with Crippen molar-refractivity contribution in [3.8, 4) is 0 Å². The fraction of sp³-hybridized carbons (Fsp3) is 0.154. The van der Waals surface area contributed by atoms with Crippen LogP contribution in [0.2, 0.25) is 0 Å². The van der Waals surface area contributed by atoms with Gasteiger partial charge in [0.2, 0.25) is 0 Å². The molecule has 2 heteroatoms. The zero-order chi connectivity index (χ0) is 10.7. The van der Waals surface area contributed by atoms with E-state index < -0.39 is 0 Å². The fourth-order valence-electron chi connectivity index (χ4n) is 1.50. The van der Waals surface area contributed by atoms with E-state index in [-0.39, 0.29) is 0 Å². The van der Waals surface area contributed by atoms with E-state index in [1.807, 2.05) is 49.6 Å². The van der Waals surface area contributed by atoms with E-state index in [1.165, 1.54) is 10.8 Å². The highest BCUT2D eigenvalue weighted by Gasteiger charge is 1.96. The van der Waals surface area contributed by atoms with E-state index in [0.717, 1.165) is 5.69 Å². The predicted molar refractivity (Wildman–Crippen MR) is 65.8 cm³/mol. The molecule has 0 aliphatic carbocycles. The summed E-state index contributed by atoms with van der Waals surface area (Å²) in [6, 6.07) is 14.4. The first kappa shape index (κ1) is 9.71. The Kier molecular flexibility index (Phi) is 2.68. The third-order valence-electron chi connectivity index (χ3n) is 2.19. The van der Waals surface area contributed by atoms with Crippen LogP contribution in [0.3, 0.4) is 0 Å². The van der Waals surface area contributed by atoms with Gasteiger partial charge in [-0.2, -0.15) is 0 Å². The highest BCUT2D eigenvalue weighted by molar-refractivity contribution is 5.93. The maximum atomic E-state index is 4.43. The van der Waals surface area contributed by atoms with Crippen molar-refractivity contribution in [3.63, 3.8) is 0 Å². The Morgan fingerprint density at radius 3 is 2.53 bits per heavy atom. The van der Waals surface area contributed by atoms with E-state index in [1.54, 1.807) is 0 Å². The van der Waals surface area contributed by atoms with Crippen molar-refractivity contribution in [2.24, 2.45) is 4.99 Å². The van der Waals surface area contributed by atoms with Crippen LogP contribution in [-0.4, -0.2) is 25.3 Å². The van der Waals surface area contributed by atoms with Crippen LogP contribution >= 0.6 is 0 Å². The number of fused-ring (bicyclic) bond motifs is 1. The smallest absolute Gasteiger partial charge is 0.0907 e. The van der Waals surface area contributed by atoms with Gasteiger partial charge in [-0.05, 0) is 11.5 Å². The third kappa shape index (κ3) is 2.15. The second-order valence-corrected chi connectivity index (χ2v) is 3.71. The number of hydrogen-bond acceptors (Lipinski definition) is 1. The summed E-state index contributed by atoms with van der Waals surface area (Å²) >= 11 is 0. The van der Waals surface area contributed by atoms with Crippen molar-refractivity contribution < 1.29 is 0 Å². The first-order valence-corrected chi connectivity index (χ1v) is 4.96. The van der Waals surface area contributed by atoms with Gasteiger partial charge in [-0.1, -0.05) is 36.4 Å². The molecule has 0 amide bonds. The number of aliphatic imine (C=N–C) groups is 1. The molecular weight excluding hydrogens is 184 g/mol. The van der Waals surface area contributed by atoms with E-state index in [0.29, 0.717) is 0 Å². The Bertz CT molecular complexity index is 481. The van der Waals surface area contributed by atoms with Gasteiger partial charge in [0.1, 0.15) is 0 Å². The molecule has 0 saturated carbocycles.